The van der Waals surface area contributed by atoms with Gasteiger partial charge in [0.15, 0.2) is 0 Å². The summed E-state index contributed by atoms with van der Waals surface area (Å²) in [5.74, 6) is 0.441. The minimum atomic E-state index is 0.441. The van der Waals surface area contributed by atoms with Crippen molar-refractivity contribution in [1.29, 1.82) is 0 Å². The molecule has 2 N–H and O–H groups in total. The highest BCUT2D eigenvalue weighted by molar-refractivity contribution is 5.79. The molecule has 16 heavy (non-hydrogen) atoms. The standard InChI is InChI=1S/C10H10N6/c1-15-6-7(4-13-15)16-9-2-3-12-5-8(9)14-10(16)11/h2-6H,1H3,(H2,11,14). The van der Waals surface area contributed by atoms with Gasteiger partial charge in [-0.3, -0.25) is 14.2 Å². The van der Waals surface area contributed by atoms with E-state index in [4.69, 9.17) is 5.73 Å². The van der Waals surface area contributed by atoms with Crippen molar-refractivity contribution >= 4 is 17.0 Å². The highest BCUT2D eigenvalue weighted by Crippen LogP contribution is 2.21. The van der Waals surface area contributed by atoms with Gasteiger partial charge < -0.3 is 5.73 Å². The molecule has 3 rings (SSSR count). The van der Waals surface area contributed by atoms with Crippen LogP contribution in [-0.4, -0.2) is 24.3 Å². The molecule has 0 aliphatic carbocycles. The Hall–Kier alpha value is -2.37. The lowest BCUT2D eigenvalue weighted by atomic mass is 10.4. The van der Waals surface area contributed by atoms with Gasteiger partial charge in [-0.1, -0.05) is 0 Å². The van der Waals surface area contributed by atoms with E-state index in [0.717, 1.165) is 16.7 Å². The van der Waals surface area contributed by atoms with Crippen molar-refractivity contribution in [3.05, 3.63) is 30.9 Å². The zero-order valence-corrected chi connectivity index (χ0v) is 8.70. The predicted octanol–water partition coefficient (Wildman–Crippen LogP) is 0.736. The molecule has 0 aromatic carbocycles. The lowest BCUT2D eigenvalue weighted by molar-refractivity contribution is 0.767. The molecule has 0 fully saturated rings. The summed E-state index contributed by atoms with van der Waals surface area (Å²) < 4.78 is 3.58. The second-order valence-corrected chi connectivity index (χ2v) is 3.54. The van der Waals surface area contributed by atoms with E-state index in [1.165, 1.54) is 0 Å². The van der Waals surface area contributed by atoms with Crippen LogP contribution < -0.4 is 5.73 Å². The quantitative estimate of drug-likeness (QED) is 0.648. The molecule has 0 saturated heterocycles. The molecule has 6 heteroatoms. The monoisotopic (exact) mass is 214 g/mol. The van der Waals surface area contributed by atoms with Crippen LogP contribution in [-0.2, 0) is 7.05 Å². The summed E-state index contributed by atoms with van der Waals surface area (Å²) in [6.07, 6.45) is 7.05. The van der Waals surface area contributed by atoms with Gasteiger partial charge in [-0.25, -0.2) is 4.98 Å². The molecule has 0 saturated carbocycles. The molecule has 0 amide bonds. The Balaban J connectivity index is 2.34. The first kappa shape index (κ1) is 8.90. The molecule has 0 atom stereocenters. The topological polar surface area (TPSA) is 74.5 Å². The molecule has 80 valence electrons. The van der Waals surface area contributed by atoms with E-state index in [2.05, 4.69) is 15.1 Å². The highest BCUT2D eigenvalue weighted by atomic mass is 15.3. The molecule has 0 aliphatic heterocycles. The van der Waals surface area contributed by atoms with Crippen molar-refractivity contribution in [2.45, 2.75) is 0 Å². The van der Waals surface area contributed by atoms with Gasteiger partial charge in [0, 0.05) is 19.4 Å². The van der Waals surface area contributed by atoms with Gasteiger partial charge in [-0.2, -0.15) is 5.10 Å². The Morgan fingerprint density at radius 3 is 2.94 bits per heavy atom. The van der Waals surface area contributed by atoms with Crippen LogP contribution in [0.15, 0.2) is 30.9 Å². The number of hydrogen-bond donors (Lipinski definition) is 1. The summed E-state index contributed by atoms with van der Waals surface area (Å²) in [5.41, 5.74) is 8.49. The average molecular weight is 214 g/mol. The van der Waals surface area contributed by atoms with Gasteiger partial charge in [0.25, 0.3) is 0 Å². The minimum absolute atomic E-state index is 0.441. The number of nitrogens with two attached hydrogens (primary N) is 1. The number of nitrogens with zero attached hydrogens (tertiary/aromatic N) is 5. The van der Waals surface area contributed by atoms with Crippen molar-refractivity contribution in [3.8, 4) is 5.69 Å². The smallest absolute Gasteiger partial charge is 0.206 e. The summed E-state index contributed by atoms with van der Waals surface area (Å²) in [7, 11) is 1.86. The number of imidazole rings is 1. The molecule has 0 aliphatic rings. The Kier molecular flexibility index (Phi) is 1.70. The van der Waals surface area contributed by atoms with Crippen molar-refractivity contribution in [3.63, 3.8) is 0 Å². The van der Waals surface area contributed by atoms with Crippen LogP contribution >= 0.6 is 0 Å². The Labute approximate surface area is 91.3 Å². The second kappa shape index (κ2) is 3.06. The summed E-state index contributed by atoms with van der Waals surface area (Å²) in [6, 6.07) is 1.88. The van der Waals surface area contributed by atoms with Crippen molar-refractivity contribution in [1.82, 2.24) is 24.3 Å². The molecule has 0 unspecified atom stereocenters. The summed E-state index contributed by atoms with van der Waals surface area (Å²) >= 11 is 0. The number of fused-ring (bicyclic) bond motifs is 1. The van der Waals surface area contributed by atoms with Crippen LogP contribution in [0.3, 0.4) is 0 Å². The predicted molar refractivity (Wildman–Crippen MR) is 60.0 cm³/mol. The first-order valence-corrected chi connectivity index (χ1v) is 4.82. The van der Waals surface area contributed by atoms with Crippen LogP contribution in [0.25, 0.3) is 16.7 Å². The van der Waals surface area contributed by atoms with Crippen LogP contribution in [0.1, 0.15) is 0 Å². The maximum absolute atomic E-state index is 5.88. The molecular weight excluding hydrogens is 204 g/mol. The lowest BCUT2D eigenvalue weighted by Gasteiger charge is -2.01. The van der Waals surface area contributed by atoms with Crippen molar-refractivity contribution < 1.29 is 0 Å². The zero-order chi connectivity index (χ0) is 11.1. The second-order valence-electron chi connectivity index (χ2n) is 3.54. The number of hydrogen-bond acceptors (Lipinski definition) is 4. The molecular formula is C10H10N6. The van der Waals surface area contributed by atoms with Gasteiger partial charge in [0.1, 0.15) is 5.52 Å². The third-order valence-electron chi connectivity index (χ3n) is 2.43. The molecule has 3 aromatic rings. The number of pyridine rings is 1. The number of nitrogen functional groups attached to an aromatic ring is 1. The Bertz CT molecular complexity index is 650. The fraction of sp³-hybridized carbons (Fsp3) is 0.100. The van der Waals surface area contributed by atoms with Crippen LogP contribution in [0, 0.1) is 0 Å². The number of rotatable bonds is 1. The van der Waals surface area contributed by atoms with Gasteiger partial charge in [0.05, 0.1) is 23.6 Å². The summed E-state index contributed by atoms with van der Waals surface area (Å²) in [4.78, 5) is 8.25. The van der Waals surface area contributed by atoms with Crippen LogP contribution in [0.5, 0.6) is 0 Å². The fourth-order valence-corrected chi connectivity index (χ4v) is 1.75. The number of aryl methyl sites for hydroxylation is 1. The number of anilines is 1. The molecule has 0 bridgehead atoms. The van der Waals surface area contributed by atoms with Gasteiger partial charge >= 0.3 is 0 Å². The molecule has 6 nitrogen and oxygen atoms in total. The van der Waals surface area contributed by atoms with Crippen molar-refractivity contribution in [2.24, 2.45) is 7.05 Å². The Morgan fingerprint density at radius 1 is 1.31 bits per heavy atom. The van der Waals surface area contributed by atoms with Gasteiger partial charge in [-0.15, -0.1) is 0 Å². The minimum Gasteiger partial charge on any atom is -0.369 e. The van der Waals surface area contributed by atoms with E-state index >= 15 is 0 Å². The van der Waals surface area contributed by atoms with Crippen LogP contribution in [0.2, 0.25) is 0 Å². The lowest BCUT2D eigenvalue weighted by Crippen LogP contribution is -1.99. The first-order valence-electron chi connectivity index (χ1n) is 4.82. The SMILES string of the molecule is Cn1cc(-n2c(N)nc3cnccc32)cn1. The van der Waals surface area contributed by atoms with Gasteiger partial charge in [-0.05, 0) is 6.07 Å². The van der Waals surface area contributed by atoms with E-state index < -0.39 is 0 Å². The van der Waals surface area contributed by atoms with Crippen LogP contribution in [0.4, 0.5) is 5.95 Å². The Morgan fingerprint density at radius 2 is 2.19 bits per heavy atom. The molecule has 0 radical (unpaired) electrons. The summed E-state index contributed by atoms with van der Waals surface area (Å²) in [5, 5.41) is 4.12. The number of aromatic nitrogens is 5. The fourth-order valence-electron chi connectivity index (χ4n) is 1.75. The molecule has 3 heterocycles. The molecule has 0 spiro atoms. The normalized spacial score (nSPS) is 11.1. The largest absolute Gasteiger partial charge is 0.369 e. The first-order chi connectivity index (χ1) is 7.75. The molecule has 3 aromatic heterocycles. The zero-order valence-electron chi connectivity index (χ0n) is 8.70. The maximum Gasteiger partial charge on any atom is 0.206 e. The van der Waals surface area contributed by atoms with E-state index in [-0.39, 0.29) is 0 Å². The average Bonchev–Trinajstić information content (AvgIpc) is 2.80. The van der Waals surface area contributed by atoms with Crippen molar-refractivity contribution in [2.75, 3.05) is 5.73 Å². The van der Waals surface area contributed by atoms with E-state index in [0.29, 0.717) is 5.95 Å². The highest BCUT2D eigenvalue weighted by Gasteiger charge is 2.10. The maximum atomic E-state index is 5.88. The van der Waals surface area contributed by atoms with E-state index in [1.807, 2.05) is 23.9 Å². The van der Waals surface area contributed by atoms with Gasteiger partial charge in [0.2, 0.25) is 5.95 Å². The third kappa shape index (κ3) is 1.16. The van der Waals surface area contributed by atoms with E-state index in [9.17, 15) is 0 Å². The van der Waals surface area contributed by atoms with E-state index in [1.54, 1.807) is 23.3 Å². The summed E-state index contributed by atoms with van der Waals surface area (Å²) in [6.45, 7) is 0. The third-order valence-corrected chi connectivity index (χ3v) is 2.43.